The number of benzene rings is 3. The Balaban J connectivity index is 1.46. The molecule has 0 saturated heterocycles. The predicted molar refractivity (Wildman–Crippen MR) is 106 cm³/mol. The highest BCUT2D eigenvalue weighted by atomic mass is 32.1. The monoisotopic (exact) mass is 369 g/mol. The Morgan fingerprint density at radius 3 is 2.70 bits per heavy atom. The molecular weight excluding hydrogens is 358 g/mol. The third kappa shape index (κ3) is 2.32. The van der Waals surface area contributed by atoms with Gasteiger partial charge in [0.1, 0.15) is 16.0 Å². The summed E-state index contributed by atoms with van der Waals surface area (Å²) in [6.07, 6.45) is 0. The molecular formula is C20H11N5OS. The van der Waals surface area contributed by atoms with Gasteiger partial charge in [0.05, 0.1) is 15.7 Å². The largest absolute Gasteiger partial charge is 0.436 e. The minimum Gasteiger partial charge on any atom is -0.436 e. The van der Waals surface area contributed by atoms with Gasteiger partial charge in [-0.15, -0.1) is 16.4 Å². The molecule has 0 saturated carbocycles. The number of nitrogens with zero attached hydrogens (tertiary/aromatic N) is 4. The van der Waals surface area contributed by atoms with Crippen LogP contribution in [0.4, 0.5) is 0 Å². The highest BCUT2D eigenvalue weighted by Gasteiger charge is 2.12. The van der Waals surface area contributed by atoms with Crippen LogP contribution in [0.25, 0.3) is 54.4 Å². The van der Waals surface area contributed by atoms with E-state index in [-0.39, 0.29) is 0 Å². The van der Waals surface area contributed by atoms with Gasteiger partial charge in [0.15, 0.2) is 5.58 Å². The summed E-state index contributed by atoms with van der Waals surface area (Å²) in [6, 6.07) is 19.9. The van der Waals surface area contributed by atoms with Crippen LogP contribution in [0.3, 0.4) is 0 Å². The fraction of sp³-hybridized carbons (Fsp3) is 0. The van der Waals surface area contributed by atoms with Crippen molar-refractivity contribution in [1.82, 2.24) is 25.4 Å². The zero-order valence-electron chi connectivity index (χ0n) is 13.9. The van der Waals surface area contributed by atoms with E-state index in [1.165, 1.54) is 0 Å². The van der Waals surface area contributed by atoms with Crippen LogP contribution in [-0.2, 0) is 0 Å². The van der Waals surface area contributed by atoms with Crippen molar-refractivity contribution in [3.8, 4) is 22.0 Å². The van der Waals surface area contributed by atoms with Gasteiger partial charge >= 0.3 is 0 Å². The third-order valence-corrected chi connectivity index (χ3v) is 5.59. The molecule has 7 heteroatoms. The molecule has 3 aromatic carbocycles. The fourth-order valence-electron chi connectivity index (χ4n) is 3.16. The van der Waals surface area contributed by atoms with E-state index < -0.39 is 0 Å². The van der Waals surface area contributed by atoms with Crippen molar-refractivity contribution >= 4 is 43.7 Å². The number of aromatic nitrogens is 5. The summed E-state index contributed by atoms with van der Waals surface area (Å²) in [7, 11) is 0. The highest BCUT2D eigenvalue weighted by molar-refractivity contribution is 7.21. The normalized spacial score (nSPS) is 11.7. The summed E-state index contributed by atoms with van der Waals surface area (Å²) in [4.78, 5) is 9.38. The average Bonchev–Trinajstić information content (AvgIpc) is 3.42. The highest BCUT2D eigenvalue weighted by Crippen LogP contribution is 2.34. The van der Waals surface area contributed by atoms with E-state index in [2.05, 4.69) is 26.5 Å². The number of hydrogen-bond donors (Lipinski definition) is 1. The number of nitrogens with one attached hydrogen (secondary N) is 1. The maximum atomic E-state index is 5.88. The van der Waals surface area contributed by atoms with Gasteiger partial charge < -0.3 is 4.42 Å². The first-order valence-electron chi connectivity index (χ1n) is 8.41. The molecule has 128 valence electrons. The van der Waals surface area contributed by atoms with E-state index >= 15 is 0 Å². The molecule has 1 N–H and O–H groups in total. The predicted octanol–water partition coefficient (Wildman–Crippen LogP) is 5.04. The Hall–Kier alpha value is -3.58. The first-order chi connectivity index (χ1) is 13.3. The van der Waals surface area contributed by atoms with Crippen molar-refractivity contribution in [2.75, 3.05) is 0 Å². The van der Waals surface area contributed by atoms with Gasteiger partial charge in [0, 0.05) is 11.1 Å². The summed E-state index contributed by atoms with van der Waals surface area (Å²) >= 11 is 1.65. The van der Waals surface area contributed by atoms with E-state index in [1.54, 1.807) is 11.3 Å². The zero-order chi connectivity index (χ0) is 17.8. The Morgan fingerprint density at radius 1 is 0.815 bits per heavy atom. The quantitative estimate of drug-likeness (QED) is 0.462. The molecule has 0 aliphatic rings. The Kier molecular flexibility index (Phi) is 2.95. The molecule has 27 heavy (non-hydrogen) atoms. The van der Waals surface area contributed by atoms with Crippen LogP contribution in [0.5, 0.6) is 0 Å². The van der Waals surface area contributed by atoms with Crippen molar-refractivity contribution in [3.63, 3.8) is 0 Å². The van der Waals surface area contributed by atoms with Crippen molar-refractivity contribution in [3.05, 3.63) is 60.7 Å². The molecule has 0 fully saturated rings. The lowest BCUT2D eigenvalue weighted by Crippen LogP contribution is -1.79. The maximum Gasteiger partial charge on any atom is 0.227 e. The number of oxazole rings is 1. The Morgan fingerprint density at radius 2 is 1.74 bits per heavy atom. The number of thiazole rings is 1. The summed E-state index contributed by atoms with van der Waals surface area (Å²) in [6.45, 7) is 0. The van der Waals surface area contributed by atoms with Gasteiger partial charge in [0.25, 0.3) is 0 Å². The van der Waals surface area contributed by atoms with Crippen molar-refractivity contribution < 1.29 is 4.42 Å². The zero-order valence-corrected chi connectivity index (χ0v) is 14.7. The lowest BCUT2D eigenvalue weighted by Gasteiger charge is -1.95. The third-order valence-electron chi connectivity index (χ3n) is 4.50. The van der Waals surface area contributed by atoms with Crippen LogP contribution < -0.4 is 0 Å². The minimum absolute atomic E-state index is 0.609. The van der Waals surface area contributed by atoms with E-state index in [4.69, 9.17) is 9.40 Å². The van der Waals surface area contributed by atoms with Gasteiger partial charge in [-0.25, -0.2) is 9.97 Å². The summed E-state index contributed by atoms with van der Waals surface area (Å²) in [5.74, 6) is 0.609. The van der Waals surface area contributed by atoms with Crippen LogP contribution in [0, 0.1) is 0 Å². The number of aromatic amines is 1. The van der Waals surface area contributed by atoms with Gasteiger partial charge in [-0.1, -0.05) is 17.3 Å². The fourth-order valence-corrected chi connectivity index (χ4v) is 4.10. The molecule has 6 aromatic rings. The van der Waals surface area contributed by atoms with Crippen molar-refractivity contribution in [1.29, 1.82) is 0 Å². The van der Waals surface area contributed by atoms with E-state index in [0.717, 1.165) is 48.5 Å². The Bertz CT molecular complexity index is 1410. The molecule has 0 amide bonds. The molecule has 6 rings (SSSR count). The van der Waals surface area contributed by atoms with Gasteiger partial charge in [0.2, 0.25) is 5.89 Å². The van der Waals surface area contributed by atoms with E-state index in [0.29, 0.717) is 5.89 Å². The first-order valence-corrected chi connectivity index (χ1v) is 9.23. The van der Waals surface area contributed by atoms with E-state index in [1.807, 2.05) is 54.6 Å². The number of hydrogen-bond acceptors (Lipinski definition) is 6. The number of para-hydroxylation sites is 2. The molecule has 0 unspecified atom stereocenters. The van der Waals surface area contributed by atoms with Crippen LogP contribution in [-0.4, -0.2) is 25.4 Å². The van der Waals surface area contributed by atoms with Crippen LogP contribution in [0.15, 0.2) is 65.1 Å². The second-order valence-corrected chi connectivity index (χ2v) is 7.26. The number of rotatable bonds is 2. The maximum absolute atomic E-state index is 5.88. The number of fused-ring (bicyclic) bond motifs is 3. The topological polar surface area (TPSA) is 80.5 Å². The molecule has 0 aliphatic carbocycles. The number of H-pyrrole nitrogens is 1. The standard InChI is InChI=1S/C20H11N5OS/c1-2-4-17-14(3-1)21-19(26-17)11-6-8-18-16(9-11)22-20(27-18)12-5-7-13-15(10-12)24-25-23-13/h1-10H,(H,23,24,25). The average molecular weight is 369 g/mol. The molecule has 6 nitrogen and oxygen atoms in total. The summed E-state index contributed by atoms with van der Waals surface area (Å²) < 4.78 is 7.00. The molecule has 0 atom stereocenters. The molecule has 0 radical (unpaired) electrons. The molecule has 3 aromatic heterocycles. The smallest absolute Gasteiger partial charge is 0.227 e. The van der Waals surface area contributed by atoms with Crippen molar-refractivity contribution in [2.45, 2.75) is 0 Å². The second-order valence-electron chi connectivity index (χ2n) is 6.23. The van der Waals surface area contributed by atoms with Crippen LogP contribution in [0.2, 0.25) is 0 Å². The van der Waals surface area contributed by atoms with Gasteiger partial charge in [-0.2, -0.15) is 0 Å². The lowest BCUT2D eigenvalue weighted by molar-refractivity contribution is 0.620. The van der Waals surface area contributed by atoms with Crippen LogP contribution >= 0.6 is 11.3 Å². The molecule has 0 bridgehead atoms. The van der Waals surface area contributed by atoms with Gasteiger partial charge in [-0.3, -0.25) is 5.10 Å². The first kappa shape index (κ1) is 14.6. The summed E-state index contributed by atoms with van der Waals surface area (Å²) in [5, 5.41) is 11.7. The second kappa shape index (κ2) is 5.46. The van der Waals surface area contributed by atoms with E-state index in [9.17, 15) is 0 Å². The molecule has 0 aliphatic heterocycles. The summed E-state index contributed by atoms with van der Waals surface area (Å²) in [5.41, 5.74) is 6.28. The Labute approximate surface area is 156 Å². The van der Waals surface area contributed by atoms with Crippen molar-refractivity contribution in [2.24, 2.45) is 0 Å². The van der Waals surface area contributed by atoms with Crippen LogP contribution in [0.1, 0.15) is 0 Å². The SMILES string of the molecule is c1ccc2oc(-c3ccc4sc(-c5ccc6nn[nH]c6c5)nc4c3)nc2c1. The van der Waals surface area contributed by atoms with Gasteiger partial charge in [-0.05, 0) is 48.5 Å². The lowest BCUT2D eigenvalue weighted by atomic mass is 10.2. The minimum atomic E-state index is 0.609. The molecule has 0 spiro atoms. The molecule has 3 heterocycles.